The van der Waals surface area contributed by atoms with E-state index in [1.54, 1.807) is 0 Å². The SMILES string of the molecule is Brc1c(P(c2ccccc2)c2ccccc2)c(-c2c(P(c3ccccc3)c3ccccc3)ccc3ccccc23)c2ccccc2c1Br. The lowest BCUT2D eigenvalue weighted by Crippen LogP contribution is -2.27. The zero-order chi connectivity index (χ0) is 32.5. The van der Waals surface area contributed by atoms with Gasteiger partial charge in [0.1, 0.15) is 0 Å². The second-order valence-corrected chi connectivity index (χ2v) is 17.5. The van der Waals surface area contributed by atoms with Crippen LogP contribution in [0.2, 0.25) is 0 Å². The van der Waals surface area contributed by atoms with Crippen LogP contribution < -0.4 is 31.8 Å². The minimum absolute atomic E-state index is 0.896. The fourth-order valence-electron chi connectivity index (χ4n) is 6.67. The average Bonchev–Trinajstić information content (AvgIpc) is 3.16. The number of hydrogen-bond donors (Lipinski definition) is 0. The molecule has 0 aromatic heterocycles. The first-order valence-electron chi connectivity index (χ1n) is 15.9. The van der Waals surface area contributed by atoms with Gasteiger partial charge in [-0.1, -0.05) is 182 Å². The second-order valence-electron chi connectivity index (χ2n) is 11.6. The quantitative estimate of drug-likeness (QED) is 0.141. The molecule has 0 saturated carbocycles. The zero-order valence-electron chi connectivity index (χ0n) is 26.0. The minimum Gasteiger partial charge on any atom is -0.0622 e. The molecule has 0 spiro atoms. The number of benzene rings is 8. The summed E-state index contributed by atoms with van der Waals surface area (Å²) in [7, 11) is -1.86. The van der Waals surface area contributed by atoms with Crippen molar-refractivity contribution in [3.63, 3.8) is 0 Å². The van der Waals surface area contributed by atoms with Gasteiger partial charge in [0, 0.05) is 19.8 Å². The van der Waals surface area contributed by atoms with Crippen molar-refractivity contribution in [2.24, 2.45) is 0 Å². The summed E-state index contributed by atoms with van der Waals surface area (Å²) >= 11 is 8.32. The van der Waals surface area contributed by atoms with Crippen LogP contribution in [0.25, 0.3) is 32.7 Å². The molecule has 230 valence electrons. The van der Waals surface area contributed by atoms with Crippen molar-refractivity contribution in [3.8, 4) is 11.1 Å². The van der Waals surface area contributed by atoms with Crippen LogP contribution in [0.15, 0.2) is 191 Å². The van der Waals surface area contributed by atoms with Crippen LogP contribution in [0, 0.1) is 0 Å². The summed E-state index contributed by atoms with van der Waals surface area (Å²) in [5, 5.41) is 12.9. The lowest BCUT2D eigenvalue weighted by atomic mass is 9.93. The lowest BCUT2D eigenvalue weighted by molar-refractivity contribution is 1.67. The Labute approximate surface area is 301 Å². The maximum absolute atomic E-state index is 4.23. The highest BCUT2D eigenvalue weighted by molar-refractivity contribution is 9.13. The largest absolute Gasteiger partial charge is 0.0622 e. The minimum atomic E-state index is -0.966. The lowest BCUT2D eigenvalue weighted by Gasteiger charge is -2.30. The topological polar surface area (TPSA) is 0 Å². The Morgan fingerprint density at radius 1 is 0.312 bits per heavy atom. The summed E-state index contributed by atoms with van der Waals surface area (Å²) in [5.74, 6) is 0. The summed E-state index contributed by atoms with van der Waals surface area (Å²) in [6.45, 7) is 0. The molecule has 0 fully saturated rings. The molecule has 48 heavy (non-hydrogen) atoms. The van der Waals surface area contributed by atoms with Gasteiger partial charge in [-0.3, -0.25) is 0 Å². The van der Waals surface area contributed by atoms with E-state index in [2.05, 4.69) is 214 Å². The summed E-state index contributed by atoms with van der Waals surface area (Å²) in [6.07, 6.45) is 0. The third kappa shape index (κ3) is 5.76. The standard InChI is InChI=1S/C44H30Br2P2/c45-42-38-28-16-15-27-37(38)41(44(43(42)46)48(34-22-9-3-10-23-34)35-24-11-4-12-25-35)40-36-26-14-13-17-31(36)29-30-39(40)47(32-18-5-1-6-19-32)33-20-7-2-8-21-33/h1-30H. The smallest absolute Gasteiger partial charge is 0.0413 e. The average molecular weight is 780 g/mol. The molecule has 8 rings (SSSR count). The van der Waals surface area contributed by atoms with Gasteiger partial charge >= 0.3 is 0 Å². The van der Waals surface area contributed by atoms with Gasteiger partial charge in [0.15, 0.2) is 0 Å². The Balaban J connectivity index is 1.58. The summed E-state index contributed by atoms with van der Waals surface area (Å²) in [4.78, 5) is 0. The third-order valence-electron chi connectivity index (χ3n) is 8.75. The molecule has 8 aromatic rings. The molecule has 0 N–H and O–H groups in total. The fraction of sp³-hybridized carbons (Fsp3) is 0. The van der Waals surface area contributed by atoms with E-state index in [4.69, 9.17) is 0 Å². The Morgan fingerprint density at radius 3 is 1.25 bits per heavy atom. The predicted octanol–water partition coefficient (Wildman–Crippen LogP) is 10.7. The van der Waals surface area contributed by atoms with E-state index >= 15 is 0 Å². The Morgan fingerprint density at radius 2 is 0.729 bits per heavy atom. The van der Waals surface area contributed by atoms with Crippen molar-refractivity contribution in [2.45, 2.75) is 0 Å². The van der Waals surface area contributed by atoms with Crippen LogP contribution in [-0.2, 0) is 0 Å². The van der Waals surface area contributed by atoms with E-state index in [-0.39, 0.29) is 0 Å². The van der Waals surface area contributed by atoms with Crippen molar-refractivity contribution >= 4 is 101 Å². The molecule has 0 saturated heterocycles. The molecule has 0 unspecified atom stereocenters. The first kappa shape index (κ1) is 31.4. The van der Waals surface area contributed by atoms with E-state index in [1.165, 1.54) is 64.5 Å². The second kappa shape index (κ2) is 13.9. The number of halogens is 2. The first-order valence-corrected chi connectivity index (χ1v) is 20.2. The third-order valence-corrected chi connectivity index (χ3v) is 16.2. The van der Waals surface area contributed by atoms with Gasteiger partial charge in [-0.2, -0.15) is 0 Å². The normalized spacial score (nSPS) is 11.5. The summed E-state index contributed by atoms with van der Waals surface area (Å²) < 4.78 is 2.20. The molecule has 0 aliphatic heterocycles. The maximum Gasteiger partial charge on any atom is 0.0413 e. The monoisotopic (exact) mass is 778 g/mol. The van der Waals surface area contributed by atoms with Crippen LogP contribution in [0.5, 0.6) is 0 Å². The highest BCUT2D eigenvalue weighted by atomic mass is 79.9. The first-order chi connectivity index (χ1) is 23.7. The Hall–Kier alpha value is -3.90. The molecule has 0 radical (unpaired) electrons. The van der Waals surface area contributed by atoms with E-state index in [9.17, 15) is 0 Å². The summed E-state index contributed by atoms with van der Waals surface area (Å²) in [6, 6.07) is 66.8. The zero-order valence-corrected chi connectivity index (χ0v) is 30.9. The molecule has 0 aliphatic carbocycles. The molecule has 4 heteroatoms. The molecule has 0 nitrogen and oxygen atoms in total. The molecular formula is C44H30Br2P2. The van der Waals surface area contributed by atoms with Crippen LogP contribution in [0.3, 0.4) is 0 Å². The number of fused-ring (bicyclic) bond motifs is 2. The van der Waals surface area contributed by atoms with Gasteiger partial charge in [0.05, 0.1) is 0 Å². The number of hydrogen-bond acceptors (Lipinski definition) is 0. The van der Waals surface area contributed by atoms with Gasteiger partial charge in [-0.15, -0.1) is 0 Å². The van der Waals surface area contributed by atoms with Crippen LogP contribution in [-0.4, -0.2) is 0 Å². The highest BCUT2D eigenvalue weighted by Crippen LogP contribution is 2.49. The van der Waals surface area contributed by atoms with Gasteiger partial charge < -0.3 is 0 Å². The Kier molecular flexibility index (Phi) is 9.09. The maximum atomic E-state index is 4.23. The van der Waals surface area contributed by atoms with Crippen molar-refractivity contribution < 1.29 is 0 Å². The van der Waals surface area contributed by atoms with E-state index in [0.29, 0.717) is 0 Å². The Bertz CT molecular complexity index is 2280. The predicted molar refractivity (Wildman–Crippen MR) is 220 cm³/mol. The van der Waals surface area contributed by atoms with E-state index in [0.717, 1.165) is 8.95 Å². The molecule has 0 heterocycles. The molecule has 8 aromatic carbocycles. The number of rotatable bonds is 7. The van der Waals surface area contributed by atoms with Crippen molar-refractivity contribution in [1.29, 1.82) is 0 Å². The molecular weight excluding hydrogens is 750 g/mol. The van der Waals surface area contributed by atoms with Crippen molar-refractivity contribution in [3.05, 3.63) is 191 Å². The summed E-state index contributed by atoms with van der Waals surface area (Å²) in [5.41, 5.74) is 2.61. The molecule has 0 amide bonds. The van der Waals surface area contributed by atoms with Crippen molar-refractivity contribution in [2.75, 3.05) is 0 Å². The van der Waals surface area contributed by atoms with Gasteiger partial charge in [0.25, 0.3) is 0 Å². The molecule has 0 aliphatic rings. The van der Waals surface area contributed by atoms with Gasteiger partial charge in [-0.25, -0.2) is 0 Å². The molecule has 0 bridgehead atoms. The van der Waals surface area contributed by atoms with Crippen LogP contribution >= 0.6 is 47.7 Å². The van der Waals surface area contributed by atoms with Gasteiger partial charge in [-0.05, 0) is 101 Å². The fourth-order valence-corrected chi connectivity index (χ4v) is 13.3. The van der Waals surface area contributed by atoms with Crippen LogP contribution in [0.1, 0.15) is 0 Å². The van der Waals surface area contributed by atoms with Crippen LogP contribution in [0.4, 0.5) is 0 Å². The van der Waals surface area contributed by atoms with Crippen molar-refractivity contribution in [1.82, 2.24) is 0 Å². The molecule has 0 atom stereocenters. The van der Waals surface area contributed by atoms with E-state index in [1.807, 2.05) is 0 Å². The van der Waals surface area contributed by atoms with Gasteiger partial charge in [0.2, 0.25) is 0 Å². The highest BCUT2D eigenvalue weighted by Gasteiger charge is 2.31. The van der Waals surface area contributed by atoms with E-state index < -0.39 is 15.8 Å².